The molecule has 0 aliphatic heterocycles. The largest absolute Gasteiger partial charge is 0.492 e. The molecule has 0 bridgehead atoms. The Morgan fingerprint density at radius 3 is 2.60 bits per heavy atom. The Morgan fingerprint density at radius 1 is 1.20 bits per heavy atom. The van der Waals surface area contributed by atoms with E-state index in [9.17, 15) is 9.59 Å². The highest BCUT2D eigenvalue weighted by Gasteiger charge is 2.19. The lowest BCUT2D eigenvalue weighted by Gasteiger charge is -2.10. The average Bonchev–Trinajstić information content (AvgIpc) is 2.86. The van der Waals surface area contributed by atoms with Crippen molar-refractivity contribution in [2.75, 3.05) is 11.9 Å². The number of anilines is 1. The first-order valence-corrected chi connectivity index (χ1v) is 6.32. The molecule has 0 saturated heterocycles. The fraction of sp³-hybridized carbons (Fsp3) is 0.200. The fourth-order valence-corrected chi connectivity index (χ4v) is 1.84. The average molecular weight is 272 g/mol. The molecule has 5 nitrogen and oxygen atoms in total. The third-order valence-corrected chi connectivity index (χ3v) is 2.82. The summed E-state index contributed by atoms with van der Waals surface area (Å²) in [4.78, 5) is 24.0. The van der Waals surface area contributed by atoms with Gasteiger partial charge in [-0.2, -0.15) is 0 Å². The van der Waals surface area contributed by atoms with Gasteiger partial charge < -0.3 is 14.6 Å². The number of hydrogen-bond donors (Lipinski definition) is 1. The second-order valence-corrected chi connectivity index (χ2v) is 4.22. The summed E-state index contributed by atoms with van der Waals surface area (Å²) in [5, 5.41) is 2.58. The van der Waals surface area contributed by atoms with Crippen LogP contribution in [0.3, 0.4) is 0 Å². The number of carbonyl (C=O) groups excluding carboxylic acids is 2. The van der Waals surface area contributed by atoms with Gasteiger partial charge in [0.15, 0.2) is 0 Å². The predicted octanol–water partition coefficient (Wildman–Crippen LogP) is 2.25. The van der Waals surface area contributed by atoms with E-state index in [4.69, 9.17) is 4.74 Å². The normalized spacial score (nSPS) is 10.1. The summed E-state index contributed by atoms with van der Waals surface area (Å²) in [7, 11) is 1.72. The molecule has 104 valence electrons. The Hall–Kier alpha value is -2.56. The number of rotatable bonds is 5. The van der Waals surface area contributed by atoms with Crippen LogP contribution in [0, 0.1) is 0 Å². The molecular weight excluding hydrogens is 256 g/mol. The van der Waals surface area contributed by atoms with Crippen LogP contribution < -0.4 is 10.1 Å². The third-order valence-electron chi connectivity index (χ3n) is 2.82. The van der Waals surface area contributed by atoms with Crippen LogP contribution in [0.5, 0.6) is 5.75 Å². The summed E-state index contributed by atoms with van der Waals surface area (Å²) >= 11 is 0. The van der Waals surface area contributed by atoms with Crippen molar-refractivity contribution in [1.29, 1.82) is 0 Å². The maximum atomic E-state index is 12.0. The SMILES string of the molecule is CCOc1ccccc1NC(=O)C(=O)c1cccn1C. The Bertz CT molecular complexity index is 632. The van der Waals surface area contributed by atoms with Gasteiger partial charge in [0.1, 0.15) is 5.75 Å². The van der Waals surface area contributed by atoms with E-state index in [1.165, 1.54) is 0 Å². The molecule has 1 heterocycles. The van der Waals surface area contributed by atoms with Gasteiger partial charge in [-0.25, -0.2) is 0 Å². The van der Waals surface area contributed by atoms with Gasteiger partial charge in [-0.05, 0) is 31.2 Å². The van der Waals surface area contributed by atoms with E-state index >= 15 is 0 Å². The molecule has 1 amide bonds. The van der Waals surface area contributed by atoms with E-state index in [2.05, 4.69) is 5.32 Å². The number of hydrogen-bond acceptors (Lipinski definition) is 3. The highest BCUT2D eigenvalue weighted by atomic mass is 16.5. The van der Waals surface area contributed by atoms with Gasteiger partial charge in [-0.1, -0.05) is 12.1 Å². The minimum absolute atomic E-state index is 0.344. The van der Waals surface area contributed by atoms with E-state index in [-0.39, 0.29) is 0 Å². The van der Waals surface area contributed by atoms with Crippen LogP contribution in [0.1, 0.15) is 17.4 Å². The molecular formula is C15H16N2O3. The van der Waals surface area contributed by atoms with Gasteiger partial charge in [0.25, 0.3) is 11.7 Å². The summed E-state index contributed by atoms with van der Waals surface area (Å²) in [5.74, 6) is -0.717. The Kier molecular flexibility index (Phi) is 4.20. The molecule has 1 aromatic carbocycles. The maximum absolute atomic E-state index is 12.0. The number of Topliss-reactive ketones (excluding diaryl/α,β-unsaturated/α-hetero) is 1. The lowest BCUT2D eigenvalue weighted by molar-refractivity contribution is -0.112. The minimum Gasteiger partial charge on any atom is -0.492 e. The second-order valence-electron chi connectivity index (χ2n) is 4.22. The van der Waals surface area contributed by atoms with Crippen molar-refractivity contribution in [1.82, 2.24) is 4.57 Å². The number of ether oxygens (including phenoxy) is 1. The van der Waals surface area contributed by atoms with Crippen molar-refractivity contribution in [3.05, 3.63) is 48.3 Å². The molecule has 2 rings (SSSR count). The van der Waals surface area contributed by atoms with E-state index in [1.54, 1.807) is 54.2 Å². The number of nitrogens with one attached hydrogen (secondary N) is 1. The van der Waals surface area contributed by atoms with Crippen molar-refractivity contribution < 1.29 is 14.3 Å². The number of ketones is 1. The van der Waals surface area contributed by atoms with Crippen LogP contribution in [-0.4, -0.2) is 22.9 Å². The zero-order valence-electron chi connectivity index (χ0n) is 11.4. The van der Waals surface area contributed by atoms with Crippen LogP contribution in [-0.2, 0) is 11.8 Å². The lowest BCUT2D eigenvalue weighted by Crippen LogP contribution is -2.24. The van der Waals surface area contributed by atoms with Crippen molar-refractivity contribution in [2.45, 2.75) is 6.92 Å². The van der Waals surface area contributed by atoms with Crippen LogP contribution in [0.15, 0.2) is 42.6 Å². The van der Waals surface area contributed by atoms with Crippen LogP contribution in [0.2, 0.25) is 0 Å². The van der Waals surface area contributed by atoms with Crippen LogP contribution in [0.4, 0.5) is 5.69 Å². The Balaban J connectivity index is 2.16. The number of amides is 1. The summed E-state index contributed by atoms with van der Waals surface area (Å²) in [5.41, 5.74) is 0.832. The van der Waals surface area contributed by atoms with Gasteiger partial charge in [0.05, 0.1) is 18.0 Å². The van der Waals surface area contributed by atoms with E-state index in [0.29, 0.717) is 23.7 Å². The highest BCUT2D eigenvalue weighted by molar-refractivity contribution is 6.46. The van der Waals surface area contributed by atoms with Gasteiger partial charge in [0.2, 0.25) is 0 Å². The van der Waals surface area contributed by atoms with E-state index in [1.807, 2.05) is 6.92 Å². The molecule has 0 fully saturated rings. The number of aromatic nitrogens is 1. The summed E-state index contributed by atoms with van der Waals surface area (Å²) < 4.78 is 7.01. The smallest absolute Gasteiger partial charge is 0.298 e. The van der Waals surface area contributed by atoms with Crippen LogP contribution in [0.25, 0.3) is 0 Å². The predicted molar refractivity (Wildman–Crippen MR) is 76.0 cm³/mol. The van der Waals surface area contributed by atoms with Gasteiger partial charge in [-0.3, -0.25) is 9.59 Å². The van der Waals surface area contributed by atoms with Crippen LogP contribution >= 0.6 is 0 Å². The van der Waals surface area contributed by atoms with Crippen molar-refractivity contribution in [3.8, 4) is 5.75 Å². The van der Waals surface area contributed by atoms with Crippen molar-refractivity contribution in [3.63, 3.8) is 0 Å². The zero-order chi connectivity index (χ0) is 14.5. The minimum atomic E-state index is -0.682. The first-order chi connectivity index (χ1) is 9.63. The van der Waals surface area contributed by atoms with E-state index in [0.717, 1.165) is 0 Å². The Labute approximate surface area is 117 Å². The van der Waals surface area contributed by atoms with Gasteiger partial charge in [0, 0.05) is 13.2 Å². The van der Waals surface area contributed by atoms with Gasteiger partial charge in [-0.15, -0.1) is 0 Å². The molecule has 0 saturated carbocycles. The van der Waals surface area contributed by atoms with Crippen molar-refractivity contribution in [2.24, 2.45) is 7.05 Å². The maximum Gasteiger partial charge on any atom is 0.298 e. The molecule has 0 aliphatic rings. The van der Waals surface area contributed by atoms with Gasteiger partial charge >= 0.3 is 0 Å². The highest BCUT2D eigenvalue weighted by Crippen LogP contribution is 2.23. The molecule has 0 spiro atoms. The molecule has 1 N–H and O–H groups in total. The second kappa shape index (κ2) is 6.06. The summed E-state index contributed by atoms with van der Waals surface area (Å²) in [6, 6.07) is 10.3. The fourth-order valence-electron chi connectivity index (χ4n) is 1.84. The zero-order valence-corrected chi connectivity index (χ0v) is 11.4. The first-order valence-electron chi connectivity index (χ1n) is 6.32. The number of para-hydroxylation sites is 2. The monoisotopic (exact) mass is 272 g/mol. The number of benzene rings is 1. The molecule has 5 heteroatoms. The molecule has 20 heavy (non-hydrogen) atoms. The third kappa shape index (κ3) is 2.88. The summed E-state index contributed by atoms with van der Waals surface area (Å²) in [6.45, 7) is 2.34. The number of aryl methyl sites for hydroxylation is 1. The number of nitrogens with zero attached hydrogens (tertiary/aromatic N) is 1. The van der Waals surface area contributed by atoms with E-state index < -0.39 is 11.7 Å². The molecule has 2 aromatic rings. The quantitative estimate of drug-likeness (QED) is 0.670. The molecule has 0 unspecified atom stereocenters. The standard InChI is InChI=1S/C15H16N2O3/c1-3-20-13-9-5-4-7-11(13)16-15(19)14(18)12-8-6-10-17(12)2/h4-10H,3H2,1-2H3,(H,16,19). The van der Waals surface area contributed by atoms with Crippen molar-refractivity contribution >= 4 is 17.4 Å². The first kappa shape index (κ1) is 13.9. The molecule has 0 radical (unpaired) electrons. The topological polar surface area (TPSA) is 60.3 Å². The molecule has 0 atom stereocenters. The Morgan fingerprint density at radius 2 is 1.95 bits per heavy atom. The summed E-state index contributed by atoms with van der Waals surface area (Å²) in [6.07, 6.45) is 1.72. The number of carbonyl (C=O) groups is 2. The lowest BCUT2D eigenvalue weighted by atomic mass is 10.2. The molecule has 0 aliphatic carbocycles. The molecule has 1 aromatic heterocycles.